The molecule has 6 heteroatoms. The second kappa shape index (κ2) is 4.12. The first-order valence-electron chi connectivity index (χ1n) is 6.14. The monoisotopic (exact) mass is 256 g/mol. The van der Waals surface area contributed by atoms with Crippen LogP contribution in [0.5, 0.6) is 0 Å². The molecule has 1 spiro atoms. The van der Waals surface area contributed by atoms with Crippen LogP contribution in [0.15, 0.2) is 0 Å². The van der Waals surface area contributed by atoms with Crippen LogP contribution in [0.2, 0.25) is 0 Å². The summed E-state index contributed by atoms with van der Waals surface area (Å²) >= 11 is 0. The molecule has 2 heterocycles. The molecule has 2 rings (SSSR count). The molecule has 0 aromatic rings. The molecule has 0 unspecified atom stereocenters. The van der Waals surface area contributed by atoms with Crippen molar-refractivity contribution in [2.45, 2.75) is 39.0 Å². The summed E-state index contributed by atoms with van der Waals surface area (Å²) in [5.74, 6) is -0.0173. The Morgan fingerprint density at radius 1 is 1.28 bits per heavy atom. The van der Waals surface area contributed by atoms with Gasteiger partial charge in [0.15, 0.2) is 5.72 Å². The van der Waals surface area contributed by atoms with Crippen molar-refractivity contribution in [3.05, 3.63) is 0 Å². The van der Waals surface area contributed by atoms with E-state index in [9.17, 15) is 9.59 Å². The summed E-state index contributed by atoms with van der Waals surface area (Å²) in [6, 6.07) is 0. The fraction of sp³-hybridized carbons (Fsp3) is 0.833. The first kappa shape index (κ1) is 13.1. The van der Waals surface area contributed by atoms with Gasteiger partial charge in [-0.2, -0.15) is 0 Å². The first-order chi connectivity index (χ1) is 8.23. The maximum absolute atomic E-state index is 11.8. The summed E-state index contributed by atoms with van der Waals surface area (Å²) in [6.07, 6.45) is -0.355. The van der Waals surface area contributed by atoms with E-state index in [0.29, 0.717) is 26.2 Å². The van der Waals surface area contributed by atoms with Crippen molar-refractivity contribution < 1.29 is 19.1 Å². The molecule has 0 bridgehead atoms. The molecule has 2 aliphatic rings. The Balaban J connectivity index is 1.93. The lowest BCUT2D eigenvalue weighted by atomic mass is 10.0. The highest BCUT2D eigenvalue weighted by atomic mass is 16.6. The van der Waals surface area contributed by atoms with E-state index in [0.717, 1.165) is 0 Å². The van der Waals surface area contributed by atoms with Crippen molar-refractivity contribution in [3.8, 4) is 0 Å². The highest BCUT2D eigenvalue weighted by molar-refractivity contribution is 5.76. The van der Waals surface area contributed by atoms with Crippen LogP contribution in [0.1, 0.15) is 27.7 Å². The van der Waals surface area contributed by atoms with Crippen LogP contribution in [0.4, 0.5) is 4.79 Å². The number of ether oxygens (including phenoxy) is 2. The lowest BCUT2D eigenvalue weighted by Crippen LogP contribution is -2.70. The van der Waals surface area contributed by atoms with Crippen molar-refractivity contribution in [3.63, 3.8) is 0 Å². The molecule has 2 saturated heterocycles. The second-order valence-corrected chi connectivity index (χ2v) is 5.80. The second-order valence-electron chi connectivity index (χ2n) is 5.80. The van der Waals surface area contributed by atoms with Gasteiger partial charge in [-0.15, -0.1) is 0 Å². The van der Waals surface area contributed by atoms with Crippen LogP contribution < -0.4 is 0 Å². The van der Waals surface area contributed by atoms with Gasteiger partial charge in [0, 0.05) is 13.5 Å². The van der Waals surface area contributed by atoms with Crippen molar-refractivity contribution in [2.24, 2.45) is 0 Å². The number of likely N-dealkylation sites (tertiary alicyclic amines) is 1. The molecule has 0 atom stereocenters. The summed E-state index contributed by atoms with van der Waals surface area (Å²) in [4.78, 5) is 26.5. The topological polar surface area (TPSA) is 59.1 Å². The van der Waals surface area contributed by atoms with Gasteiger partial charge in [0.05, 0.1) is 19.7 Å². The molecule has 0 aliphatic carbocycles. The van der Waals surface area contributed by atoms with Crippen LogP contribution in [0.3, 0.4) is 0 Å². The Kier molecular flexibility index (Phi) is 3.01. The maximum Gasteiger partial charge on any atom is 0.410 e. The lowest BCUT2D eigenvalue weighted by molar-refractivity contribution is -0.182. The smallest absolute Gasteiger partial charge is 0.410 e. The Morgan fingerprint density at radius 3 is 2.39 bits per heavy atom. The van der Waals surface area contributed by atoms with Crippen LogP contribution in [-0.4, -0.2) is 59.4 Å². The minimum Gasteiger partial charge on any atom is -0.444 e. The minimum atomic E-state index is -0.608. The van der Waals surface area contributed by atoms with E-state index in [4.69, 9.17) is 9.47 Å². The predicted octanol–water partition coefficient (Wildman–Crippen LogP) is 0.812. The average Bonchev–Trinajstić information content (AvgIpc) is 2.55. The molecule has 0 radical (unpaired) electrons. The van der Waals surface area contributed by atoms with Crippen molar-refractivity contribution in [1.29, 1.82) is 0 Å². The van der Waals surface area contributed by atoms with Crippen LogP contribution in [-0.2, 0) is 14.3 Å². The van der Waals surface area contributed by atoms with Crippen molar-refractivity contribution in [2.75, 3.05) is 26.2 Å². The van der Waals surface area contributed by atoms with Crippen LogP contribution >= 0.6 is 0 Å². The molecule has 0 aromatic carbocycles. The van der Waals surface area contributed by atoms with Crippen molar-refractivity contribution in [1.82, 2.24) is 9.80 Å². The van der Waals surface area contributed by atoms with E-state index in [-0.39, 0.29) is 12.0 Å². The molecule has 6 nitrogen and oxygen atoms in total. The zero-order valence-electron chi connectivity index (χ0n) is 11.4. The number of carbonyl (C=O) groups is 2. The number of nitrogens with zero attached hydrogens (tertiary/aromatic N) is 2. The number of hydrogen-bond acceptors (Lipinski definition) is 4. The molecule has 2 aliphatic heterocycles. The largest absolute Gasteiger partial charge is 0.444 e. The SMILES string of the molecule is CC(=O)N1CCOC12CN(C(=O)OC(C)(C)C)C2. The Bertz CT molecular complexity index is 369. The Labute approximate surface area is 107 Å². The van der Waals surface area contributed by atoms with Gasteiger partial charge in [0.1, 0.15) is 5.60 Å². The quantitative estimate of drug-likeness (QED) is 0.643. The summed E-state index contributed by atoms with van der Waals surface area (Å²) in [5, 5.41) is 0. The highest BCUT2D eigenvalue weighted by Crippen LogP contribution is 2.34. The minimum absolute atomic E-state index is 0.0173. The fourth-order valence-electron chi connectivity index (χ4n) is 2.32. The number of carbonyl (C=O) groups excluding carboxylic acids is 2. The van der Waals surface area contributed by atoms with Gasteiger partial charge in [-0.1, -0.05) is 0 Å². The Morgan fingerprint density at radius 2 is 1.89 bits per heavy atom. The summed E-state index contributed by atoms with van der Waals surface area (Å²) in [7, 11) is 0. The Hall–Kier alpha value is -1.30. The molecule has 102 valence electrons. The lowest BCUT2D eigenvalue weighted by Gasteiger charge is -2.50. The third-order valence-corrected chi connectivity index (χ3v) is 3.09. The van der Waals surface area contributed by atoms with Gasteiger partial charge >= 0.3 is 6.09 Å². The molecular weight excluding hydrogens is 236 g/mol. The highest BCUT2D eigenvalue weighted by Gasteiger charge is 2.55. The number of rotatable bonds is 0. The van der Waals surface area contributed by atoms with E-state index in [1.165, 1.54) is 6.92 Å². The maximum atomic E-state index is 11.8. The third kappa shape index (κ3) is 2.29. The number of hydrogen-bond donors (Lipinski definition) is 0. The molecule has 2 fully saturated rings. The van der Waals surface area contributed by atoms with E-state index < -0.39 is 11.3 Å². The molecule has 18 heavy (non-hydrogen) atoms. The summed E-state index contributed by atoms with van der Waals surface area (Å²) in [5.41, 5.74) is -1.11. The van der Waals surface area contributed by atoms with E-state index in [1.807, 2.05) is 20.8 Å². The fourth-order valence-corrected chi connectivity index (χ4v) is 2.32. The summed E-state index contributed by atoms with van der Waals surface area (Å²) in [6.45, 7) is 8.91. The standard InChI is InChI=1S/C12H20N2O4/c1-9(15)14-5-6-17-12(14)7-13(8-12)10(16)18-11(2,3)4/h5-8H2,1-4H3. The van der Waals surface area contributed by atoms with Crippen LogP contribution in [0.25, 0.3) is 0 Å². The molecular formula is C12H20N2O4. The zero-order chi connectivity index (χ0) is 13.6. The van der Waals surface area contributed by atoms with Gasteiger partial charge in [-0.3, -0.25) is 9.69 Å². The van der Waals surface area contributed by atoms with Gasteiger partial charge in [-0.25, -0.2) is 4.79 Å². The third-order valence-electron chi connectivity index (χ3n) is 3.09. The average molecular weight is 256 g/mol. The summed E-state index contributed by atoms with van der Waals surface area (Å²) < 4.78 is 10.9. The predicted molar refractivity (Wildman–Crippen MR) is 63.9 cm³/mol. The van der Waals surface area contributed by atoms with Crippen molar-refractivity contribution >= 4 is 12.0 Å². The molecule has 0 aromatic heterocycles. The first-order valence-corrected chi connectivity index (χ1v) is 6.14. The van der Waals surface area contributed by atoms with E-state index in [2.05, 4.69) is 0 Å². The van der Waals surface area contributed by atoms with Gasteiger partial charge in [-0.05, 0) is 20.8 Å². The molecule has 0 N–H and O–H groups in total. The van der Waals surface area contributed by atoms with Gasteiger partial charge < -0.3 is 14.4 Å². The van der Waals surface area contributed by atoms with E-state index >= 15 is 0 Å². The van der Waals surface area contributed by atoms with E-state index in [1.54, 1.807) is 9.80 Å². The molecule has 2 amide bonds. The van der Waals surface area contributed by atoms with Crippen LogP contribution in [0, 0.1) is 0 Å². The van der Waals surface area contributed by atoms with Gasteiger partial charge in [0.2, 0.25) is 5.91 Å². The normalized spacial score (nSPS) is 22.0. The van der Waals surface area contributed by atoms with Gasteiger partial charge in [0.25, 0.3) is 0 Å². The number of amides is 2. The molecule has 0 saturated carbocycles. The zero-order valence-corrected chi connectivity index (χ0v) is 11.4.